The third kappa shape index (κ3) is 3.90. The zero-order valence-electron chi connectivity index (χ0n) is 12.7. The molecule has 0 aromatic carbocycles. The second kappa shape index (κ2) is 7.47. The SMILES string of the molecule is COc1ncccc1CN(CC1CCCO1)C1CCSC1. The number of nitrogens with zero attached hydrogens (tertiary/aromatic N) is 2. The Balaban J connectivity index is 1.71. The fourth-order valence-corrected chi connectivity index (χ4v) is 4.40. The van der Waals surface area contributed by atoms with E-state index in [9.17, 15) is 0 Å². The molecule has 2 aliphatic rings. The summed E-state index contributed by atoms with van der Waals surface area (Å²) in [5.41, 5.74) is 1.18. The van der Waals surface area contributed by atoms with Gasteiger partial charge in [-0.2, -0.15) is 11.8 Å². The highest BCUT2D eigenvalue weighted by Crippen LogP contribution is 2.27. The Bertz CT molecular complexity index is 446. The van der Waals surface area contributed by atoms with Crippen molar-refractivity contribution in [1.29, 1.82) is 0 Å². The Morgan fingerprint density at radius 3 is 3.14 bits per heavy atom. The van der Waals surface area contributed by atoms with Gasteiger partial charge in [-0.05, 0) is 31.1 Å². The van der Waals surface area contributed by atoms with Gasteiger partial charge in [-0.15, -0.1) is 0 Å². The predicted octanol–water partition coefficient (Wildman–Crippen LogP) is 2.58. The van der Waals surface area contributed by atoms with Gasteiger partial charge in [0.15, 0.2) is 0 Å². The quantitative estimate of drug-likeness (QED) is 0.807. The molecular formula is C16H24N2O2S. The number of rotatable bonds is 6. The van der Waals surface area contributed by atoms with Crippen molar-refractivity contribution in [3.63, 3.8) is 0 Å². The molecule has 2 saturated heterocycles. The van der Waals surface area contributed by atoms with Gasteiger partial charge in [0.2, 0.25) is 5.88 Å². The van der Waals surface area contributed by atoms with Crippen LogP contribution in [0.2, 0.25) is 0 Å². The molecule has 0 N–H and O–H groups in total. The van der Waals surface area contributed by atoms with E-state index in [0.29, 0.717) is 12.1 Å². The summed E-state index contributed by atoms with van der Waals surface area (Å²) in [7, 11) is 1.70. The van der Waals surface area contributed by atoms with Gasteiger partial charge in [-0.3, -0.25) is 4.90 Å². The standard InChI is InChI=1S/C16H24N2O2S/c1-19-16-13(4-2-7-17-16)10-18(14-6-9-21-12-14)11-15-5-3-8-20-15/h2,4,7,14-15H,3,5-6,8-12H2,1H3. The van der Waals surface area contributed by atoms with Crippen LogP contribution < -0.4 is 4.74 Å². The summed E-state index contributed by atoms with van der Waals surface area (Å²) in [5, 5.41) is 0. The van der Waals surface area contributed by atoms with E-state index in [0.717, 1.165) is 25.6 Å². The second-order valence-electron chi connectivity index (χ2n) is 5.75. The number of aromatic nitrogens is 1. The van der Waals surface area contributed by atoms with E-state index >= 15 is 0 Å². The molecule has 0 saturated carbocycles. The summed E-state index contributed by atoms with van der Waals surface area (Å²) < 4.78 is 11.2. The van der Waals surface area contributed by atoms with E-state index in [1.807, 2.05) is 6.07 Å². The average Bonchev–Trinajstić information content (AvgIpc) is 3.20. The monoisotopic (exact) mass is 308 g/mol. The first-order valence-electron chi connectivity index (χ1n) is 7.78. The van der Waals surface area contributed by atoms with Crippen molar-refractivity contribution in [2.45, 2.75) is 38.0 Å². The molecule has 0 bridgehead atoms. The van der Waals surface area contributed by atoms with Crippen molar-refractivity contribution < 1.29 is 9.47 Å². The Kier molecular flexibility index (Phi) is 5.38. The molecule has 2 unspecified atom stereocenters. The molecule has 2 aliphatic heterocycles. The van der Waals surface area contributed by atoms with Crippen LogP contribution in [-0.4, -0.2) is 53.8 Å². The van der Waals surface area contributed by atoms with E-state index < -0.39 is 0 Å². The number of methoxy groups -OCH3 is 1. The summed E-state index contributed by atoms with van der Waals surface area (Å²) in [6.45, 7) is 2.86. The zero-order chi connectivity index (χ0) is 14.5. The van der Waals surface area contributed by atoms with Gasteiger partial charge >= 0.3 is 0 Å². The molecule has 3 heterocycles. The molecule has 21 heavy (non-hydrogen) atoms. The van der Waals surface area contributed by atoms with Crippen molar-refractivity contribution in [2.75, 3.05) is 31.8 Å². The summed E-state index contributed by atoms with van der Waals surface area (Å²) in [4.78, 5) is 6.90. The molecule has 2 fully saturated rings. The van der Waals surface area contributed by atoms with E-state index in [2.05, 4.69) is 27.7 Å². The maximum Gasteiger partial charge on any atom is 0.217 e. The number of pyridine rings is 1. The van der Waals surface area contributed by atoms with E-state index in [-0.39, 0.29) is 0 Å². The van der Waals surface area contributed by atoms with Gasteiger partial charge in [0.05, 0.1) is 13.2 Å². The fraction of sp³-hybridized carbons (Fsp3) is 0.688. The van der Waals surface area contributed by atoms with Gasteiger partial charge < -0.3 is 9.47 Å². The molecule has 0 radical (unpaired) electrons. The first kappa shape index (κ1) is 15.1. The molecule has 1 aromatic heterocycles. The van der Waals surface area contributed by atoms with Gasteiger partial charge in [0.1, 0.15) is 0 Å². The van der Waals surface area contributed by atoms with Crippen LogP contribution in [0.15, 0.2) is 18.3 Å². The van der Waals surface area contributed by atoms with Crippen LogP contribution in [0.1, 0.15) is 24.8 Å². The van der Waals surface area contributed by atoms with Crippen LogP contribution in [0.4, 0.5) is 0 Å². The lowest BCUT2D eigenvalue weighted by atomic mass is 10.1. The van der Waals surface area contributed by atoms with Gasteiger partial charge in [-0.1, -0.05) is 6.07 Å². The molecule has 0 spiro atoms. The topological polar surface area (TPSA) is 34.6 Å². The lowest BCUT2D eigenvalue weighted by Gasteiger charge is -2.30. The smallest absolute Gasteiger partial charge is 0.217 e. The number of thioether (sulfide) groups is 1. The van der Waals surface area contributed by atoms with E-state index in [4.69, 9.17) is 9.47 Å². The van der Waals surface area contributed by atoms with Crippen LogP contribution in [0.5, 0.6) is 5.88 Å². The molecule has 3 rings (SSSR count). The minimum absolute atomic E-state index is 0.401. The summed E-state index contributed by atoms with van der Waals surface area (Å²) in [6, 6.07) is 4.77. The highest BCUT2D eigenvalue weighted by atomic mass is 32.2. The second-order valence-corrected chi connectivity index (χ2v) is 6.90. The predicted molar refractivity (Wildman–Crippen MR) is 85.9 cm³/mol. The average molecular weight is 308 g/mol. The number of hydrogen-bond donors (Lipinski definition) is 0. The highest BCUT2D eigenvalue weighted by Gasteiger charge is 2.28. The zero-order valence-corrected chi connectivity index (χ0v) is 13.5. The summed E-state index contributed by atoms with van der Waals surface area (Å²) >= 11 is 2.06. The van der Waals surface area contributed by atoms with Gasteiger partial charge in [0.25, 0.3) is 0 Å². The van der Waals surface area contributed by atoms with Crippen molar-refractivity contribution in [1.82, 2.24) is 9.88 Å². The van der Waals surface area contributed by atoms with Crippen LogP contribution in [0, 0.1) is 0 Å². The van der Waals surface area contributed by atoms with Gasteiger partial charge in [-0.25, -0.2) is 4.98 Å². The van der Waals surface area contributed by atoms with E-state index in [1.54, 1.807) is 13.3 Å². The number of hydrogen-bond acceptors (Lipinski definition) is 5. The maximum atomic E-state index is 5.84. The molecule has 0 aliphatic carbocycles. The summed E-state index contributed by atoms with van der Waals surface area (Å²) in [5.74, 6) is 3.26. The van der Waals surface area contributed by atoms with Crippen molar-refractivity contribution in [2.24, 2.45) is 0 Å². The molecule has 0 amide bonds. The minimum Gasteiger partial charge on any atom is -0.481 e. The molecule has 5 heteroatoms. The first-order valence-corrected chi connectivity index (χ1v) is 8.93. The Labute approximate surface area is 131 Å². The Morgan fingerprint density at radius 1 is 1.48 bits per heavy atom. The fourth-order valence-electron chi connectivity index (χ4n) is 3.15. The van der Waals surface area contributed by atoms with Crippen LogP contribution in [0.25, 0.3) is 0 Å². The van der Waals surface area contributed by atoms with Crippen LogP contribution in [0.3, 0.4) is 0 Å². The van der Waals surface area contributed by atoms with Crippen LogP contribution in [-0.2, 0) is 11.3 Å². The molecule has 2 atom stereocenters. The number of ether oxygens (including phenoxy) is 2. The lowest BCUT2D eigenvalue weighted by Crippen LogP contribution is -2.40. The van der Waals surface area contributed by atoms with Gasteiger partial charge in [0, 0.05) is 43.3 Å². The largest absolute Gasteiger partial charge is 0.481 e. The van der Waals surface area contributed by atoms with E-state index in [1.165, 1.54) is 36.3 Å². The van der Waals surface area contributed by atoms with Crippen LogP contribution >= 0.6 is 11.8 Å². The summed E-state index contributed by atoms with van der Waals surface area (Å²) in [6.07, 6.45) is 5.87. The molecule has 4 nitrogen and oxygen atoms in total. The third-order valence-electron chi connectivity index (χ3n) is 4.30. The minimum atomic E-state index is 0.401. The molecule has 116 valence electrons. The highest BCUT2D eigenvalue weighted by molar-refractivity contribution is 7.99. The maximum absolute atomic E-state index is 5.84. The third-order valence-corrected chi connectivity index (χ3v) is 5.45. The Hall–Kier alpha value is -0.780. The lowest BCUT2D eigenvalue weighted by molar-refractivity contribution is 0.0571. The first-order chi connectivity index (χ1) is 10.4. The molecular weight excluding hydrogens is 284 g/mol. The van der Waals surface area contributed by atoms with Crippen molar-refractivity contribution in [3.8, 4) is 5.88 Å². The Morgan fingerprint density at radius 2 is 2.43 bits per heavy atom. The normalized spacial score (nSPS) is 25.6. The molecule has 1 aromatic rings. The van der Waals surface area contributed by atoms with Crippen molar-refractivity contribution >= 4 is 11.8 Å². The van der Waals surface area contributed by atoms with Crippen molar-refractivity contribution in [3.05, 3.63) is 23.9 Å².